The summed E-state index contributed by atoms with van der Waals surface area (Å²) in [7, 11) is 1.69. The van der Waals surface area contributed by atoms with Gasteiger partial charge in [0.1, 0.15) is 5.60 Å². The van der Waals surface area contributed by atoms with Crippen molar-refractivity contribution in [2.45, 2.75) is 71.4 Å². The van der Waals surface area contributed by atoms with Crippen molar-refractivity contribution < 1.29 is 19.1 Å². The van der Waals surface area contributed by atoms with Crippen LogP contribution in [0.2, 0.25) is 0 Å². The number of hydrogen-bond donors (Lipinski definition) is 3. The summed E-state index contributed by atoms with van der Waals surface area (Å²) in [5.41, 5.74) is -0.934. The molecule has 0 spiro atoms. The minimum atomic E-state index is -0.513. The lowest BCUT2D eigenvalue weighted by Crippen LogP contribution is -2.50. The van der Waals surface area contributed by atoms with Crippen LogP contribution >= 0.6 is 0 Å². The van der Waals surface area contributed by atoms with E-state index in [9.17, 15) is 9.59 Å². The predicted octanol–water partition coefficient (Wildman–Crippen LogP) is 2.80. The standard InChI is InChI=1S/C17H35N3O4/c1-16(2,3)24-15(22)19-12-10-17(4,5)20-14(21)18-11-8-7-9-13-23-6/h7-13H2,1-6H3,(H,19,22)(H2,18,20,21). The van der Waals surface area contributed by atoms with Gasteiger partial charge in [-0.1, -0.05) is 0 Å². The van der Waals surface area contributed by atoms with Crippen molar-refractivity contribution in [1.82, 2.24) is 16.0 Å². The Morgan fingerprint density at radius 2 is 1.58 bits per heavy atom. The summed E-state index contributed by atoms with van der Waals surface area (Å²) in [6.45, 7) is 11.1. The fourth-order valence-electron chi connectivity index (χ4n) is 1.96. The topological polar surface area (TPSA) is 88.7 Å². The van der Waals surface area contributed by atoms with E-state index in [0.29, 0.717) is 19.5 Å². The molecule has 0 saturated carbocycles. The van der Waals surface area contributed by atoms with Crippen LogP contribution in [-0.2, 0) is 9.47 Å². The Morgan fingerprint density at radius 1 is 0.917 bits per heavy atom. The quantitative estimate of drug-likeness (QED) is 0.531. The molecule has 0 fully saturated rings. The molecule has 0 bridgehead atoms. The molecule has 0 aromatic rings. The van der Waals surface area contributed by atoms with Crippen molar-refractivity contribution in [3.8, 4) is 0 Å². The largest absolute Gasteiger partial charge is 0.444 e. The summed E-state index contributed by atoms with van der Waals surface area (Å²) in [5, 5.41) is 8.45. The molecule has 0 rings (SSSR count). The molecule has 7 heteroatoms. The normalized spacial score (nSPS) is 11.8. The molecule has 3 amide bonds. The Balaban J connectivity index is 3.87. The molecule has 0 atom stereocenters. The molecule has 0 radical (unpaired) electrons. The van der Waals surface area contributed by atoms with Gasteiger partial charge in [-0.05, 0) is 60.3 Å². The molecule has 142 valence electrons. The summed E-state index contributed by atoms with van der Waals surface area (Å²) in [6.07, 6.45) is 3.11. The van der Waals surface area contributed by atoms with Gasteiger partial charge in [0.15, 0.2) is 0 Å². The molecule has 0 aliphatic carbocycles. The highest BCUT2D eigenvalue weighted by molar-refractivity contribution is 5.74. The van der Waals surface area contributed by atoms with Crippen LogP contribution in [0.15, 0.2) is 0 Å². The van der Waals surface area contributed by atoms with E-state index in [1.807, 2.05) is 34.6 Å². The zero-order valence-corrected chi connectivity index (χ0v) is 16.1. The van der Waals surface area contributed by atoms with Crippen molar-refractivity contribution in [3.63, 3.8) is 0 Å². The number of methoxy groups -OCH3 is 1. The molecule has 3 N–H and O–H groups in total. The van der Waals surface area contributed by atoms with E-state index < -0.39 is 17.2 Å². The van der Waals surface area contributed by atoms with Crippen LogP contribution in [0.25, 0.3) is 0 Å². The van der Waals surface area contributed by atoms with E-state index >= 15 is 0 Å². The number of hydrogen-bond acceptors (Lipinski definition) is 4. The maximum Gasteiger partial charge on any atom is 0.407 e. The van der Waals surface area contributed by atoms with Crippen molar-refractivity contribution in [1.29, 1.82) is 0 Å². The molecule has 0 unspecified atom stereocenters. The van der Waals surface area contributed by atoms with E-state index in [-0.39, 0.29) is 6.03 Å². The molecule has 0 heterocycles. The van der Waals surface area contributed by atoms with Crippen LogP contribution < -0.4 is 16.0 Å². The summed E-state index contributed by atoms with van der Waals surface area (Å²) in [4.78, 5) is 23.4. The smallest absolute Gasteiger partial charge is 0.407 e. The maximum atomic E-state index is 11.9. The third kappa shape index (κ3) is 14.1. The molecular weight excluding hydrogens is 310 g/mol. The van der Waals surface area contributed by atoms with Crippen molar-refractivity contribution in [2.24, 2.45) is 0 Å². The van der Waals surface area contributed by atoms with Gasteiger partial charge >= 0.3 is 12.1 Å². The summed E-state index contributed by atoms with van der Waals surface area (Å²) < 4.78 is 10.1. The minimum absolute atomic E-state index is 0.191. The number of urea groups is 1. The Morgan fingerprint density at radius 3 is 2.17 bits per heavy atom. The van der Waals surface area contributed by atoms with Crippen LogP contribution in [0, 0.1) is 0 Å². The number of unbranched alkanes of at least 4 members (excludes halogenated alkanes) is 2. The monoisotopic (exact) mass is 345 g/mol. The van der Waals surface area contributed by atoms with Crippen LogP contribution in [-0.4, -0.2) is 50.1 Å². The average molecular weight is 345 g/mol. The fourth-order valence-corrected chi connectivity index (χ4v) is 1.96. The maximum absolute atomic E-state index is 11.9. The first-order chi connectivity index (χ1) is 11.1. The first-order valence-electron chi connectivity index (χ1n) is 8.57. The van der Waals surface area contributed by atoms with Crippen molar-refractivity contribution in [3.05, 3.63) is 0 Å². The molecule has 0 saturated heterocycles. The molecule has 0 aliphatic heterocycles. The second-order valence-corrected chi connectivity index (χ2v) is 7.50. The molecule has 0 aromatic heterocycles. The Bertz CT molecular complexity index is 379. The number of carbonyl (C=O) groups excluding carboxylic acids is 2. The zero-order valence-electron chi connectivity index (χ0n) is 16.1. The lowest BCUT2D eigenvalue weighted by atomic mass is 10.0. The zero-order chi connectivity index (χ0) is 18.6. The van der Waals surface area contributed by atoms with Gasteiger partial charge in [0, 0.05) is 32.3 Å². The third-order valence-corrected chi connectivity index (χ3v) is 3.18. The first-order valence-corrected chi connectivity index (χ1v) is 8.57. The van der Waals surface area contributed by atoms with Crippen molar-refractivity contribution >= 4 is 12.1 Å². The highest BCUT2D eigenvalue weighted by Gasteiger charge is 2.21. The SMILES string of the molecule is COCCCCCNC(=O)NC(C)(C)CCNC(=O)OC(C)(C)C. The van der Waals surface area contributed by atoms with Crippen LogP contribution in [0.1, 0.15) is 60.3 Å². The van der Waals surface area contributed by atoms with E-state index in [1.165, 1.54) is 0 Å². The van der Waals surface area contributed by atoms with E-state index in [0.717, 1.165) is 25.9 Å². The van der Waals surface area contributed by atoms with Gasteiger partial charge in [0.2, 0.25) is 0 Å². The van der Waals surface area contributed by atoms with Crippen LogP contribution in [0.3, 0.4) is 0 Å². The summed E-state index contributed by atoms with van der Waals surface area (Å²) in [6, 6.07) is -0.191. The molecule has 7 nitrogen and oxygen atoms in total. The van der Waals surface area contributed by atoms with E-state index in [4.69, 9.17) is 9.47 Å². The van der Waals surface area contributed by atoms with Crippen LogP contribution in [0.4, 0.5) is 9.59 Å². The third-order valence-electron chi connectivity index (χ3n) is 3.18. The second kappa shape index (κ2) is 11.1. The lowest BCUT2D eigenvalue weighted by Gasteiger charge is -2.27. The number of nitrogens with one attached hydrogen (secondary N) is 3. The van der Waals surface area contributed by atoms with Gasteiger partial charge in [0.25, 0.3) is 0 Å². The van der Waals surface area contributed by atoms with Gasteiger partial charge in [-0.3, -0.25) is 0 Å². The highest BCUT2D eigenvalue weighted by atomic mass is 16.6. The Kier molecular flexibility index (Phi) is 10.4. The van der Waals surface area contributed by atoms with Gasteiger partial charge in [-0.2, -0.15) is 0 Å². The average Bonchev–Trinajstić information content (AvgIpc) is 2.39. The first kappa shape index (κ1) is 22.5. The summed E-state index contributed by atoms with van der Waals surface area (Å²) in [5.74, 6) is 0. The van der Waals surface area contributed by atoms with E-state index in [2.05, 4.69) is 16.0 Å². The highest BCUT2D eigenvalue weighted by Crippen LogP contribution is 2.09. The fraction of sp³-hybridized carbons (Fsp3) is 0.882. The predicted molar refractivity (Wildman–Crippen MR) is 95.2 cm³/mol. The lowest BCUT2D eigenvalue weighted by molar-refractivity contribution is 0.0524. The van der Waals surface area contributed by atoms with Crippen molar-refractivity contribution in [2.75, 3.05) is 26.8 Å². The Hall–Kier alpha value is -1.50. The number of amides is 3. The molecular formula is C17H35N3O4. The number of ether oxygens (including phenoxy) is 2. The summed E-state index contributed by atoms with van der Waals surface area (Å²) >= 11 is 0. The van der Waals surface area contributed by atoms with Gasteiger partial charge in [0.05, 0.1) is 0 Å². The molecule has 0 aromatic carbocycles. The van der Waals surface area contributed by atoms with Gasteiger partial charge in [-0.15, -0.1) is 0 Å². The van der Waals surface area contributed by atoms with Crippen LogP contribution in [0.5, 0.6) is 0 Å². The van der Waals surface area contributed by atoms with E-state index in [1.54, 1.807) is 7.11 Å². The van der Waals surface area contributed by atoms with Gasteiger partial charge < -0.3 is 25.4 Å². The molecule has 24 heavy (non-hydrogen) atoms. The number of alkyl carbamates (subject to hydrolysis) is 1. The molecule has 0 aliphatic rings. The number of rotatable bonds is 10. The second-order valence-electron chi connectivity index (χ2n) is 7.50. The number of carbonyl (C=O) groups is 2. The Labute approximate surface area is 146 Å². The minimum Gasteiger partial charge on any atom is -0.444 e. The van der Waals surface area contributed by atoms with Gasteiger partial charge in [-0.25, -0.2) is 9.59 Å².